The Balaban J connectivity index is 2.21. The third kappa shape index (κ3) is 1.13. The number of thioether (sulfide) groups is 1. The molecule has 0 saturated carbocycles. The number of hydrogen-bond acceptors (Lipinski definition) is 4. The third-order valence-electron chi connectivity index (χ3n) is 2.10. The standard InChI is InChI=1S/C9H8N4S/c1-2-4-8-7(3-1)11-12-13(8)9-10-5-6-14-9/h1-4H,5-6H2. The van der Waals surface area contributed by atoms with Gasteiger partial charge in [0.2, 0.25) is 0 Å². The maximum absolute atomic E-state index is 4.37. The van der Waals surface area contributed by atoms with Crippen LogP contribution in [0.5, 0.6) is 0 Å². The summed E-state index contributed by atoms with van der Waals surface area (Å²) in [7, 11) is 0. The molecule has 0 spiro atoms. The SMILES string of the molecule is c1ccc2c(c1)nnn2C1=NCCS1. The van der Waals surface area contributed by atoms with E-state index in [1.165, 1.54) is 0 Å². The van der Waals surface area contributed by atoms with Crippen LogP contribution in [0.25, 0.3) is 11.0 Å². The minimum atomic E-state index is 0.883. The second-order valence-corrected chi connectivity index (χ2v) is 4.06. The number of nitrogens with zero attached hydrogens (tertiary/aromatic N) is 4. The Labute approximate surface area is 85.0 Å². The molecule has 2 aromatic rings. The number of benzene rings is 1. The molecule has 2 heterocycles. The van der Waals surface area contributed by atoms with Crippen LogP contribution >= 0.6 is 11.8 Å². The van der Waals surface area contributed by atoms with Gasteiger partial charge in [-0.2, -0.15) is 4.68 Å². The average molecular weight is 204 g/mol. The van der Waals surface area contributed by atoms with E-state index in [0.717, 1.165) is 28.5 Å². The lowest BCUT2D eigenvalue weighted by Gasteiger charge is -1.98. The van der Waals surface area contributed by atoms with Crippen molar-refractivity contribution in [1.29, 1.82) is 0 Å². The van der Waals surface area contributed by atoms with Crippen molar-refractivity contribution < 1.29 is 0 Å². The second kappa shape index (κ2) is 3.09. The van der Waals surface area contributed by atoms with Crippen LogP contribution in [0.15, 0.2) is 29.3 Å². The first kappa shape index (κ1) is 7.99. The summed E-state index contributed by atoms with van der Waals surface area (Å²) in [6.07, 6.45) is 0. The highest BCUT2D eigenvalue weighted by atomic mass is 32.2. The maximum atomic E-state index is 4.37. The van der Waals surface area contributed by atoms with Gasteiger partial charge in [0.1, 0.15) is 5.52 Å². The van der Waals surface area contributed by atoms with Crippen LogP contribution in [0.2, 0.25) is 0 Å². The molecule has 0 atom stereocenters. The second-order valence-electron chi connectivity index (χ2n) is 3.00. The van der Waals surface area contributed by atoms with Crippen molar-refractivity contribution in [3.63, 3.8) is 0 Å². The third-order valence-corrected chi connectivity index (χ3v) is 3.05. The van der Waals surface area contributed by atoms with Gasteiger partial charge in [-0.15, -0.1) is 5.10 Å². The van der Waals surface area contributed by atoms with Crippen LogP contribution in [-0.2, 0) is 0 Å². The molecule has 1 aromatic carbocycles. The van der Waals surface area contributed by atoms with E-state index < -0.39 is 0 Å². The van der Waals surface area contributed by atoms with E-state index in [0.29, 0.717) is 0 Å². The Hall–Kier alpha value is -1.36. The van der Waals surface area contributed by atoms with Gasteiger partial charge in [-0.1, -0.05) is 29.1 Å². The van der Waals surface area contributed by atoms with Crippen LogP contribution in [0.4, 0.5) is 0 Å². The Kier molecular flexibility index (Phi) is 1.77. The molecule has 5 heteroatoms. The van der Waals surface area contributed by atoms with Gasteiger partial charge in [-0.25, -0.2) is 0 Å². The summed E-state index contributed by atoms with van der Waals surface area (Å²) in [5.41, 5.74) is 1.95. The highest BCUT2D eigenvalue weighted by Gasteiger charge is 2.13. The molecule has 0 saturated heterocycles. The highest BCUT2D eigenvalue weighted by molar-refractivity contribution is 8.14. The van der Waals surface area contributed by atoms with Crippen LogP contribution in [0.3, 0.4) is 0 Å². The monoisotopic (exact) mass is 204 g/mol. The molecule has 0 radical (unpaired) electrons. The molecular weight excluding hydrogens is 196 g/mol. The van der Waals surface area contributed by atoms with Gasteiger partial charge in [-0.3, -0.25) is 4.99 Å². The number of hydrogen-bond donors (Lipinski definition) is 0. The summed E-state index contributed by atoms with van der Waals surface area (Å²) in [6, 6.07) is 7.92. The topological polar surface area (TPSA) is 43.1 Å². The van der Waals surface area contributed by atoms with E-state index in [1.54, 1.807) is 11.8 Å². The molecule has 0 fully saturated rings. The first-order chi connectivity index (χ1) is 6.95. The lowest BCUT2D eigenvalue weighted by atomic mass is 10.3. The summed E-state index contributed by atoms with van der Waals surface area (Å²) in [5.74, 6) is 1.05. The first-order valence-electron chi connectivity index (χ1n) is 4.43. The predicted octanol–water partition coefficient (Wildman–Crippen LogP) is 1.38. The molecule has 0 amide bonds. The van der Waals surface area contributed by atoms with Crippen LogP contribution in [0.1, 0.15) is 0 Å². The van der Waals surface area contributed by atoms with Crippen molar-refractivity contribution in [2.75, 3.05) is 12.3 Å². The molecule has 0 aliphatic carbocycles. The van der Waals surface area contributed by atoms with Gasteiger partial charge in [0.05, 0.1) is 12.1 Å². The number of aliphatic imine (C=N–C) groups is 1. The fraction of sp³-hybridized carbons (Fsp3) is 0.222. The van der Waals surface area contributed by atoms with Gasteiger partial charge >= 0.3 is 0 Å². The molecule has 4 nitrogen and oxygen atoms in total. The van der Waals surface area contributed by atoms with E-state index in [2.05, 4.69) is 15.3 Å². The summed E-state index contributed by atoms with van der Waals surface area (Å²) in [6.45, 7) is 0.883. The lowest BCUT2D eigenvalue weighted by molar-refractivity contribution is 0.869. The Morgan fingerprint density at radius 2 is 2.21 bits per heavy atom. The number of para-hydroxylation sites is 1. The summed E-state index contributed by atoms with van der Waals surface area (Å²) in [4.78, 5) is 4.37. The van der Waals surface area contributed by atoms with Crippen molar-refractivity contribution in [2.45, 2.75) is 0 Å². The Morgan fingerprint density at radius 3 is 3.07 bits per heavy atom. The van der Waals surface area contributed by atoms with Gasteiger partial charge in [0.25, 0.3) is 0 Å². The van der Waals surface area contributed by atoms with Crippen molar-refractivity contribution in [1.82, 2.24) is 15.0 Å². The van der Waals surface area contributed by atoms with Crippen molar-refractivity contribution in [2.24, 2.45) is 4.99 Å². The zero-order chi connectivity index (χ0) is 9.38. The van der Waals surface area contributed by atoms with Crippen molar-refractivity contribution in [3.05, 3.63) is 24.3 Å². The van der Waals surface area contributed by atoms with Crippen molar-refractivity contribution >= 4 is 28.0 Å². The highest BCUT2D eigenvalue weighted by Crippen LogP contribution is 2.17. The Morgan fingerprint density at radius 1 is 1.29 bits per heavy atom. The number of rotatable bonds is 0. The van der Waals surface area contributed by atoms with Gasteiger partial charge in [-0.05, 0) is 12.1 Å². The van der Waals surface area contributed by atoms with Crippen LogP contribution < -0.4 is 0 Å². The molecule has 3 rings (SSSR count). The van der Waals surface area contributed by atoms with E-state index in [9.17, 15) is 0 Å². The molecular formula is C9H8N4S. The molecule has 0 N–H and O–H groups in total. The molecule has 1 aliphatic heterocycles. The zero-order valence-corrected chi connectivity index (χ0v) is 8.24. The fourth-order valence-electron chi connectivity index (χ4n) is 1.46. The molecule has 14 heavy (non-hydrogen) atoms. The first-order valence-corrected chi connectivity index (χ1v) is 5.42. The fourth-order valence-corrected chi connectivity index (χ4v) is 2.27. The smallest absolute Gasteiger partial charge is 0.186 e. The molecule has 70 valence electrons. The van der Waals surface area contributed by atoms with E-state index in [4.69, 9.17) is 0 Å². The summed E-state index contributed by atoms with van der Waals surface area (Å²) >= 11 is 1.73. The van der Waals surface area contributed by atoms with Gasteiger partial charge < -0.3 is 0 Å². The van der Waals surface area contributed by atoms with E-state index >= 15 is 0 Å². The van der Waals surface area contributed by atoms with Crippen LogP contribution in [0, 0.1) is 0 Å². The van der Waals surface area contributed by atoms with Gasteiger partial charge in [0, 0.05) is 5.75 Å². The van der Waals surface area contributed by atoms with E-state index in [1.807, 2.05) is 28.9 Å². The maximum Gasteiger partial charge on any atom is 0.186 e. The predicted molar refractivity (Wildman–Crippen MR) is 57.7 cm³/mol. The normalized spacial score (nSPS) is 16.1. The van der Waals surface area contributed by atoms with Crippen LogP contribution in [-0.4, -0.2) is 32.5 Å². The number of fused-ring (bicyclic) bond motifs is 1. The summed E-state index contributed by atoms with van der Waals surface area (Å²) < 4.78 is 1.81. The molecule has 1 aromatic heterocycles. The Bertz CT molecular complexity index is 502. The van der Waals surface area contributed by atoms with Gasteiger partial charge in [0.15, 0.2) is 5.17 Å². The van der Waals surface area contributed by atoms with Crippen molar-refractivity contribution in [3.8, 4) is 0 Å². The lowest BCUT2D eigenvalue weighted by Crippen LogP contribution is -2.07. The molecule has 0 bridgehead atoms. The average Bonchev–Trinajstić information content (AvgIpc) is 2.85. The minimum absolute atomic E-state index is 0.883. The quantitative estimate of drug-likeness (QED) is 0.651. The molecule has 0 unspecified atom stereocenters. The largest absolute Gasteiger partial charge is 0.260 e. The summed E-state index contributed by atoms with van der Waals surface area (Å²) in [5, 5.41) is 9.13. The van der Waals surface area contributed by atoms with E-state index in [-0.39, 0.29) is 0 Å². The minimum Gasteiger partial charge on any atom is -0.260 e. The zero-order valence-electron chi connectivity index (χ0n) is 7.42. The molecule has 1 aliphatic rings. The number of aromatic nitrogens is 3.